The molecule has 130 valence electrons. The molecular formula is C22H16F3N. The molecule has 1 unspecified atom stereocenters. The van der Waals surface area contributed by atoms with E-state index in [9.17, 15) is 13.2 Å². The maximum atomic E-state index is 12.8. The summed E-state index contributed by atoms with van der Waals surface area (Å²) in [6, 6.07) is 15.4. The van der Waals surface area contributed by atoms with E-state index in [0.717, 1.165) is 45.3 Å². The number of hydrogen-bond donors (Lipinski definition) is 0. The first kappa shape index (κ1) is 16.6. The van der Waals surface area contributed by atoms with Gasteiger partial charge < -0.3 is 0 Å². The molecule has 1 aromatic heterocycles. The quantitative estimate of drug-likeness (QED) is 0.522. The molecule has 1 aliphatic rings. The van der Waals surface area contributed by atoms with Crippen LogP contribution in [0.4, 0.5) is 13.2 Å². The molecule has 3 aromatic rings. The van der Waals surface area contributed by atoms with Crippen LogP contribution in [0, 0.1) is 0 Å². The molecule has 0 amide bonds. The van der Waals surface area contributed by atoms with Gasteiger partial charge in [-0.05, 0) is 41.8 Å². The predicted molar refractivity (Wildman–Crippen MR) is 97.7 cm³/mol. The predicted octanol–water partition coefficient (Wildman–Crippen LogP) is 6.38. The van der Waals surface area contributed by atoms with Crippen molar-refractivity contribution in [3.05, 3.63) is 95.2 Å². The average Bonchev–Trinajstić information content (AvgIpc) is 3.02. The van der Waals surface area contributed by atoms with Crippen molar-refractivity contribution in [1.29, 1.82) is 0 Å². The van der Waals surface area contributed by atoms with Crippen molar-refractivity contribution in [1.82, 2.24) is 4.98 Å². The van der Waals surface area contributed by atoms with Crippen molar-refractivity contribution >= 4 is 16.5 Å². The number of para-hydroxylation sites is 1. The van der Waals surface area contributed by atoms with Gasteiger partial charge in [0, 0.05) is 17.5 Å². The van der Waals surface area contributed by atoms with Crippen molar-refractivity contribution in [3.8, 4) is 0 Å². The maximum absolute atomic E-state index is 12.8. The lowest BCUT2D eigenvalue weighted by Crippen LogP contribution is -2.04. The molecule has 0 N–H and O–H groups in total. The van der Waals surface area contributed by atoms with E-state index in [1.807, 2.05) is 37.3 Å². The molecule has 0 spiro atoms. The molecule has 0 fully saturated rings. The number of fused-ring (bicyclic) bond motifs is 1. The third kappa shape index (κ3) is 2.81. The molecule has 2 aromatic carbocycles. The van der Waals surface area contributed by atoms with Crippen LogP contribution in [0.2, 0.25) is 0 Å². The SMILES string of the molecule is CC1=C(c2ccc(C(F)(F)F)cc2)C=CC1c1cccc2cccnc12. The molecule has 4 rings (SSSR count). The summed E-state index contributed by atoms with van der Waals surface area (Å²) in [5.74, 6) is 0.0749. The Kier molecular flexibility index (Phi) is 3.91. The molecule has 0 bridgehead atoms. The number of benzene rings is 2. The summed E-state index contributed by atoms with van der Waals surface area (Å²) >= 11 is 0. The summed E-state index contributed by atoms with van der Waals surface area (Å²) in [7, 11) is 0. The molecule has 1 nitrogen and oxygen atoms in total. The Morgan fingerprint density at radius 2 is 1.65 bits per heavy atom. The molecule has 0 saturated heterocycles. The highest BCUT2D eigenvalue weighted by molar-refractivity contribution is 5.86. The smallest absolute Gasteiger partial charge is 0.256 e. The van der Waals surface area contributed by atoms with Crippen LogP contribution < -0.4 is 0 Å². The number of aromatic nitrogens is 1. The van der Waals surface area contributed by atoms with Crippen LogP contribution in [0.3, 0.4) is 0 Å². The third-order valence-electron chi connectivity index (χ3n) is 4.87. The second-order valence-corrected chi connectivity index (χ2v) is 6.43. The summed E-state index contributed by atoms with van der Waals surface area (Å²) in [5.41, 5.74) is 4.31. The Bertz CT molecular complexity index is 1020. The van der Waals surface area contributed by atoms with Gasteiger partial charge in [-0.1, -0.05) is 54.1 Å². The largest absolute Gasteiger partial charge is 0.416 e. The van der Waals surface area contributed by atoms with E-state index in [0.29, 0.717) is 0 Å². The number of halogens is 3. The second kappa shape index (κ2) is 6.13. The Labute approximate surface area is 149 Å². The molecule has 4 heteroatoms. The number of allylic oxidation sites excluding steroid dienone is 4. The molecule has 0 saturated carbocycles. The molecule has 0 radical (unpaired) electrons. The fourth-order valence-corrected chi connectivity index (χ4v) is 3.51. The number of alkyl halides is 3. The first-order valence-corrected chi connectivity index (χ1v) is 8.35. The van der Waals surface area contributed by atoms with Gasteiger partial charge in [-0.25, -0.2) is 0 Å². The van der Waals surface area contributed by atoms with Gasteiger partial charge in [0.1, 0.15) is 0 Å². The third-order valence-corrected chi connectivity index (χ3v) is 4.87. The topological polar surface area (TPSA) is 12.9 Å². The van der Waals surface area contributed by atoms with Gasteiger partial charge in [0.25, 0.3) is 0 Å². The van der Waals surface area contributed by atoms with Crippen molar-refractivity contribution in [2.75, 3.05) is 0 Å². The first-order chi connectivity index (χ1) is 12.4. The Morgan fingerprint density at radius 3 is 2.38 bits per heavy atom. The summed E-state index contributed by atoms with van der Waals surface area (Å²) in [6.45, 7) is 2.03. The zero-order valence-corrected chi connectivity index (χ0v) is 14.1. The highest BCUT2D eigenvalue weighted by Crippen LogP contribution is 2.40. The lowest BCUT2D eigenvalue weighted by Gasteiger charge is -2.15. The van der Waals surface area contributed by atoms with Crippen LogP contribution in [0.25, 0.3) is 16.5 Å². The minimum atomic E-state index is -4.31. The van der Waals surface area contributed by atoms with Crippen LogP contribution in [-0.4, -0.2) is 4.98 Å². The molecule has 1 aliphatic carbocycles. The Balaban J connectivity index is 1.74. The van der Waals surface area contributed by atoms with Gasteiger partial charge >= 0.3 is 6.18 Å². The summed E-state index contributed by atoms with van der Waals surface area (Å²) in [4.78, 5) is 4.52. The van der Waals surface area contributed by atoms with E-state index in [2.05, 4.69) is 17.1 Å². The zero-order valence-electron chi connectivity index (χ0n) is 14.1. The Hall–Kier alpha value is -2.88. The fraction of sp³-hybridized carbons (Fsp3) is 0.136. The monoisotopic (exact) mass is 351 g/mol. The van der Waals surface area contributed by atoms with E-state index >= 15 is 0 Å². The van der Waals surface area contributed by atoms with Crippen molar-refractivity contribution in [2.24, 2.45) is 0 Å². The number of pyridine rings is 1. The van der Waals surface area contributed by atoms with Gasteiger partial charge in [0.2, 0.25) is 0 Å². The fourth-order valence-electron chi connectivity index (χ4n) is 3.51. The van der Waals surface area contributed by atoms with E-state index in [4.69, 9.17) is 0 Å². The van der Waals surface area contributed by atoms with Crippen molar-refractivity contribution < 1.29 is 13.2 Å². The molecule has 0 aliphatic heterocycles. The standard InChI is InChI=1S/C22H16F3N/c1-14-18(15-7-9-17(10-8-15)22(23,24)25)11-12-19(14)20-6-2-4-16-5-3-13-26-21(16)20/h2-13,19H,1H3. The van der Waals surface area contributed by atoms with Crippen molar-refractivity contribution in [2.45, 2.75) is 19.0 Å². The van der Waals surface area contributed by atoms with Crippen LogP contribution >= 0.6 is 0 Å². The number of rotatable bonds is 2. The number of hydrogen-bond acceptors (Lipinski definition) is 1. The molecule has 1 atom stereocenters. The van der Waals surface area contributed by atoms with Crippen LogP contribution in [0.5, 0.6) is 0 Å². The maximum Gasteiger partial charge on any atom is 0.416 e. The van der Waals surface area contributed by atoms with Crippen LogP contribution in [0.1, 0.15) is 29.5 Å². The summed E-state index contributed by atoms with van der Waals surface area (Å²) in [6.07, 6.45) is 1.54. The van der Waals surface area contributed by atoms with E-state index in [1.165, 1.54) is 12.1 Å². The minimum Gasteiger partial charge on any atom is -0.256 e. The summed E-state index contributed by atoms with van der Waals surface area (Å²) < 4.78 is 38.3. The van der Waals surface area contributed by atoms with Gasteiger partial charge in [-0.15, -0.1) is 0 Å². The van der Waals surface area contributed by atoms with E-state index in [-0.39, 0.29) is 5.92 Å². The van der Waals surface area contributed by atoms with Crippen LogP contribution in [0.15, 0.2) is 78.5 Å². The normalized spacial score (nSPS) is 17.3. The number of nitrogens with zero attached hydrogens (tertiary/aromatic N) is 1. The van der Waals surface area contributed by atoms with E-state index in [1.54, 1.807) is 6.20 Å². The zero-order chi connectivity index (χ0) is 18.3. The van der Waals surface area contributed by atoms with Gasteiger partial charge in [0.15, 0.2) is 0 Å². The lowest BCUT2D eigenvalue weighted by molar-refractivity contribution is -0.137. The van der Waals surface area contributed by atoms with Crippen molar-refractivity contribution in [3.63, 3.8) is 0 Å². The Morgan fingerprint density at radius 1 is 0.923 bits per heavy atom. The highest BCUT2D eigenvalue weighted by atomic mass is 19.4. The van der Waals surface area contributed by atoms with E-state index < -0.39 is 11.7 Å². The average molecular weight is 351 g/mol. The molecule has 1 heterocycles. The van der Waals surface area contributed by atoms with Gasteiger partial charge in [-0.2, -0.15) is 13.2 Å². The second-order valence-electron chi connectivity index (χ2n) is 6.43. The minimum absolute atomic E-state index is 0.0749. The van der Waals surface area contributed by atoms with Gasteiger partial charge in [0.05, 0.1) is 11.1 Å². The highest BCUT2D eigenvalue weighted by Gasteiger charge is 2.30. The molecule has 26 heavy (non-hydrogen) atoms. The molecular weight excluding hydrogens is 335 g/mol. The first-order valence-electron chi connectivity index (χ1n) is 8.35. The van der Waals surface area contributed by atoms with Crippen LogP contribution in [-0.2, 0) is 6.18 Å². The summed E-state index contributed by atoms with van der Waals surface area (Å²) in [5, 5.41) is 1.08. The van der Waals surface area contributed by atoms with Gasteiger partial charge in [-0.3, -0.25) is 4.98 Å². The lowest BCUT2D eigenvalue weighted by atomic mass is 9.90.